The first-order valence-electron chi connectivity index (χ1n) is 6.09. The van der Waals surface area contributed by atoms with Crippen LogP contribution in [0.1, 0.15) is 19.4 Å². The number of fused-ring (bicyclic) bond motifs is 1. The molecule has 0 fully saturated rings. The van der Waals surface area contributed by atoms with Crippen LogP contribution in [0.2, 0.25) is 0 Å². The average molecular weight is 267 g/mol. The van der Waals surface area contributed by atoms with E-state index in [9.17, 15) is 9.50 Å². The average Bonchev–Trinajstić information content (AvgIpc) is 2.82. The molecule has 0 spiro atoms. The zero-order chi connectivity index (χ0) is 13.2. The van der Waals surface area contributed by atoms with E-state index in [-0.39, 0.29) is 0 Å². The molecule has 98 valence electrons. The van der Waals surface area contributed by atoms with Gasteiger partial charge in [0, 0.05) is 4.70 Å². The Morgan fingerprint density at radius 3 is 2.89 bits per heavy atom. The molecule has 18 heavy (non-hydrogen) atoms. The van der Waals surface area contributed by atoms with Crippen molar-refractivity contribution in [3.63, 3.8) is 0 Å². The Kier molecular flexibility index (Phi) is 4.00. The van der Waals surface area contributed by atoms with Crippen molar-refractivity contribution in [3.8, 4) is 0 Å². The van der Waals surface area contributed by atoms with Crippen molar-refractivity contribution in [1.29, 1.82) is 0 Å². The van der Waals surface area contributed by atoms with Gasteiger partial charge in [-0.2, -0.15) is 0 Å². The number of nitrogens with one attached hydrogen (secondary N) is 1. The van der Waals surface area contributed by atoms with E-state index in [1.807, 2.05) is 36.6 Å². The summed E-state index contributed by atoms with van der Waals surface area (Å²) >= 11 is 1.62. The van der Waals surface area contributed by atoms with E-state index < -0.39 is 18.3 Å². The number of hydrogen-bond acceptors (Lipinski definition) is 3. The molecule has 0 saturated heterocycles. The molecule has 2 atom stereocenters. The van der Waals surface area contributed by atoms with Gasteiger partial charge < -0.3 is 10.4 Å². The maximum absolute atomic E-state index is 13.1. The fraction of sp³-hybridized carbons (Fsp3) is 0.429. The van der Waals surface area contributed by atoms with Crippen LogP contribution >= 0.6 is 11.3 Å². The molecule has 1 aromatic heterocycles. The standard InChI is InChI=1S/C14H18FNOS/c1-3-16-13(9-15)14(2,17)11-5-4-10-6-7-18-12(10)8-11/h4-8,13,16-17H,3,9H2,1-2H3. The lowest BCUT2D eigenvalue weighted by Gasteiger charge is -2.32. The Labute approximate surface area is 110 Å². The number of rotatable bonds is 5. The predicted octanol–water partition coefficient (Wildman–Crippen LogP) is 3.06. The van der Waals surface area contributed by atoms with E-state index in [1.54, 1.807) is 18.3 Å². The summed E-state index contributed by atoms with van der Waals surface area (Å²) in [5.41, 5.74) is -0.454. The van der Waals surface area contributed by atoms with Gasteiger partial charge in [0.1, 0.15) is 12.3 Å². The lowest BCUT2D eigenvalue weighted by molar-refractivity contribution is 0.00711. The van der Waals surface area contributed by atoms with Crippen LogP contribution in [0.4, 0.5) is 4.39 Å². The maximum atomic E-state index is 13.1. The molecular formula is C14H18FNOS. The van der Waals surface area contributed by atoms with Crippen LogP contribution in [0.25, 0.3) is 10.1 Å². The smallest absolute Gasteiger partial charge is 0.108 e. The van der Waals surface area contributed by atoms with E-state index in [4.69, 9.17) is 0 Å². The largest absolute Gasteiger partial charge is 0.384 e. The highest BCUT2D eigenvalue weighted by Crippen LogP contribution is 2.30. The minimum atomic E-state index is -1.21. The second-order valence-corrected chi connectivity index (χ2v) is 5.53. The Balaban J connectivity index is 2.37. The van der Waals surface area contributed by atoms with E-state index in [0.29, 0.717) is 6.54 Å². The number of thiophene rings is 1. The van der Waals surface area contributed by atoms with Crippen molar-refractivity contribution in [1.82, 2.24) is 5.32 Å². The van der Waals surface area contributed by atoms with Crippen molar-refractivity contribution in [2.24, 2.45) is 0 Å². The minimum absolute atomic E-state index is 0.583. The first-order chi connectivity index (χ1) is 8.59. The summed E-state index contributed by atoms with van der Waals surface area (Å²) in [5, 5.41) is 16.7. The molecular weight excluding hydrogens is 249 g/mol. The molecule has 0 aliphatic rings. The molecule has 2 rings (SSSR count). The molecule has 0 amide bonds. The number of aliphatic hydroxyl groups is 1. The fourth-order valence-corrected chi connectivity index (χ4v) is 2.95. The topological polar surface area (TPSA) is 32.3 Å². The van der Waals surface area contributed by atoms with Crippen LogP contribution in [0.15, 0.2) is 29.6 Å². The van der Waals surface area contributed by atoms with Gasteiger partial charge in [0.25, 0.3) is 0 Å². The summed E-state index contributed by atoms with van der Waals surface area (Å²) in [6.07, 6.45) is 0. The van der Waals surface area contributed by atoms with Gasteiger partial charge in [-0.1, -0.05) is 19.1 Å². The number of halogens is 1. The van der Waals surface area contributed by atoms with Gasteiger partial charge in [0.2, 0.25) is 0 Å². The maximum Gasteiger partial charge on any atom is 0.108 e. The number of alkyl halides is 1. The third-order valence-electron chi connectivity index (χ3n) is 3.32. The van der Waals surface area contributed by atoms with Crippen molar-refractivity contribution < 1.29 is 9.50 Å². The van der Waals surface area contributed by atoms with Gasteiger partial charge in [-0.15, -0.1) is 11.3 Å². The fourth-order valence-electron chi connectivity index (χ4n) is 2.12. The summed E-state index contributed by atoms with van der Waals surface area (Å²) in [5.74, 6) is 0. The predicted molar refractivity (Wildman–Crippen MR) is 74.8 cm³/mol. The quantitative estimate of drug-likeness (QED) is 0.872. The minimum Gasteiger partial charge on any atom is -0.384 e. The molecule has 2 nitrogen and oxygen atoms in total. The van der Waals surface area contributed by atoms with E-state index in [0.717, 1.165) is 15.6 Å². The monoisotopic (exact) mass is 267 g/mol. The van der Waals surface area contributed by atoms with Gasteiger partial charge >= 0.3 is 0 Å². The third-order valence-corrected chi connectivity index (χ3v) is 4.20. The van der Waals surface area contributed by atoms with Crippen molar-refractivity contribution >= 4 is 21.4 Å². The SMILES string of the molecule is CCNC(CF)C(C)(O)c1ccc2ccsc2c1. The van der Waals surface area contributed by atoms with Crippen LogP contribution in [-0.2, 0) is 5.60 Å². The van der Waals surface area contributed by atoms with Crippen molar-refractivity contribution in [2.75, 3.05) is 13.2 Å². The van der Waals surface area contributed by atoms with E-state index >= 15 is 0 Å². The van der Waals surface area contributed by atoms with Gasteiger partial charge in [0.05, 0.1) is 6.04 Å². The zero-order valence-electron chi connectivity index (χ0n) is 10.6. The van der Waals surface area contributed by atoms with Gasteiger partial charge in [-0.25, -0.2) is 4.39 Å². The Hall–Kier alpha value is -0.970. The lowest BCUT2D eigenvalue weighted by atomic mass is 9.88. The Morgan fingerprint density at radius 2 is 2.22 bits per heavy atom. The molecule has 0 aliphatic heterocycles. The molecule has 1 heterocycles. The molecule has 2 unspecified atom stereocenters. The second-order valence-electron chi connectivity index (χ2n) is 4.59. The normalized spacial score (nSPS) is 16.7. The zero-order valence-corrected chi connectivity index (χ0v) is 11.4. The van der Waals surface area contributed by atoms with Crippen LogP contribution < -0.4 is 5.32 Å². The van der Waals surface area contributed by atoms with Crippen molar-refractivity contribution in [2.45, 2.75) is 25.5 Å². The lowest BCUT2D eigenvalue weighted by Crippen LogP contribution is -2.48. The van der Waals surface area contributed by atoms with Gasteiger partial charge in [-0.05, 0) is 41.9 Å². The number of benzene rings is 1. The summed E-state index contributed by atoms with van der Waals surface area (Å²) in [6, 6.07) is 7.24. The van der Waals surface area contributed by atoms with Gasteiger partial charge in [0.15, 0.2) is 0 Å². The highest BCUT2D eigenvalue weighted by Gasteiger charge is 2.33. The summed E-state index contributed by atoms with van der Waals surface area (Å²) in [6.45, 7) is 3.60. The third kappa shape index (κ3) is 2.41. The highest BCUT2D eigenvalue weighted by atomic mass is 32.1. The molecule has 0 saturated carbocycles. The molecule has 0 radical (unpaired) electrons. The van der Waals surface area contributed by atoms with E-state index in [1.165, 1.54) is 0 Å². The molecule has 0 aliphatic carbocycles. The number of likely N-dealkylation sites (N-methyl/N-ethyl adjacent to an activating group) is 1. The molecule has 2 aromatic rings. The van der Waals surface area contributed by atoms with E-state index in [2.05, 4.69) is 5.32 Å². The van der Waals surface area contributed by atoms with Crippen LogP contribution in [-0.4, -0.2) is 24.4 Å². The second kappa shape index (κ2) is 5.34. The van der Waals surface area contributed by atoms with Crippen molar-refractivity contribution in [3.05, 3.63) is 35.2 Å². The summed E-state index contributed by atoms with van der Waals surface area (Å²) < 4.78 is 14.2. The molecule has 1 aromatic carbocycles. The molecule has 4 heteroatoms. The first-order valence-corrected chi connectivity index (χ1v) is 6.97. The molecule has 2 N–H and O–H groups in total. The van der Waals surface area contributed by atoms with Gasteiger partial charge in [-0.3, -0.25) is 0 Å². The Morgan fingerprint density at radius 1 is 1.44 bits per heavy atom. The first kappa shape index (κ1) is 13.5. The van der Waals surface area contributed by atoms with Crippen LogP contribution in [0.5, 0.6) is 0 Å². The number of hydrogen-bond donors (Lipinski definition) is 2. The summed E-state index contributed by atoms with van der Waals surface area (Å²) in [7, 11) is 0. The molecule has 0 bridgehead atoms. The highest BCUT2D eigenvalue weighted by molar-refractivity contribution is 7.17. The van der Waals surface area contributed by atoms with Crippen LogP contribution in [0.3, 0.4) is 0 Å². The Bertz CT molecular complexity index is 523. The summed E-state index contributed by atoms with van der Waals surface area (Å²) in [4.78, 5) is 0. The van der Waals surface area contributed by atoms with Crippen LogP contribution in [0, 0.1) is 0 Å².